The van der Waals surface area contributed by atoms with Crippen LogP contribution in [0.4, 0.5) is 0 Å². The van der Waals surface area contributed by atoms with Crippen LogP contribution in [-0.4, -0.2) is 53.4 Å². The van der Waals surface area contributed by atoms with Crippen molar-refractivity contribution in [3.63, 3.8) is 0 Å². The number of carbonyl (C=O) groups is 1. The maximum atomic E-state index is 11.6. The van der Waals surface area contributed by atoms with Gasteiger partial charge in [-0.25, -0.2) is 0 Å². The van der Waals surface area contributed by atoms with Crippen LogP contribution in [0, 0.1) is 0 Å². The maximum Gasteiger partial charge on any atom is 0.243 e. The second kappa shape index (κ2) is 12.4. The number of nitrogens with one attached hydrogen (secondary N) is 1. The zero-order valence-electron chi connectivity index (χ0n) is 15.8. The molecule has 146 valence electrons. The second-order valence-electron chi connectivity index (χ2n) is 6.86. The summed E-state index contributed by atoms with van der Waals surface area (Å²) in [5.74, 6) is -0.0566. The van der Waals surface area contributed by atoms with Gasteiger partial charge < -0.3 is 25.0 Å². The monoisotopic (exact) mass is 357 g/mol. The third-order valence-corrected chi connectivity index (χ3v) is 4.39. The van der Waals surface area contributed by atoms with Gasteiger partial charge in [-0.1, -0.05) is 32.3 Å². The summed E-state index contributed by atoms with van der Waals surface area (Å²) in [6.07, 6.45) is 7.05. The number of aliphatic hydroxyl groups is 2. The number of rotatable bonds is 11. The number of hydrogen-bond donors (Lipinski definition) is 3. The molecule has 0 bridgehead atoms. The Morgan fingerprint density at radius 1 is 1.32 bits per heavy atom. The van der Waals surface area contributed by atoms with Crippen molar-refractivity contribution in [1.29, 1.82) is 0 Å². The first-order valence-corrected chi connectivity index (χ1v) is 9.55. The minimum Gasteiger partial charge on any atom is -0.390 e. The summed E-state index contributed by atoms with van der Waals surface area (Å²) in [6.45, 7) is 6.56. The van der Waals surface area contributed by atoms with Crippen LogP contribution in [0.15, 0.2) is 12.2 Å². The van der Waals surface area contributed by atoms with Crippen LogP contribution < -0.4 is 5.32 Å². The second-order valence-corrected chi connectivity index (χ2v) is 6.86. The highest BCUT2D eigenvalue weighted by molar-refractivity contribution is 5.87. The first-order chi connectivity index (χ1) is 11.9. The number of carbonyl (C=O) groups excluding carboxylic acids is 1. The molecule has 0 saturated carbocycles. The summed E-state index contributed by atoms with van der Waals surface area (Å²) in [4.78, 5) is 11.6. The van der Waals surface area contributed by atoms with Gasteiger partial charge in [0.1, 0.15) is 6.10 Å². The first kappa shape index (κ1) is 22.1. The summed E-state index contributed by atoms with van der Waals surface area (Å²) in [6, 6.07) is 0. The first-order valence-electron chi connectivity index (χ1n) is 9.55. The van der Waals surface area contributed by atoms with Crippen LogP contribution in [0.2, 0.25) is 0 Å². The van der Waals surface area contributed by atoms with E-state index in [-0.39, 0.29) is 24.5 Å². The minimum atomic E-state index is -0.817. The van der Waals surface area contributed by atoms with Crippen molar-refractivity contribution in [1.82, 2.24) is 5.32 Å². The number of hydrogen-bond acceptors (Lipinski definition) is 5. The number of amides is 1. The van der Waals surface area contributed by atoms with Gasteiger partial charge in [0.25, 0.3) is 0 Å². The third kappa shape index (κ3) is 9.35. The lowest BCUT2D eigenvalue weighted by molar-refractivity contribution is -0.273. The molecule has 0 spiro atoms. The molecule has 0 aromatic carbocycles. The molecule has 5 atom stereocenters. The Morgan fingerprint density at radius 3 is 2.80 bits per heavy atom. The van der Waals surface area contributed by atoms with Crippen molar-refractivity contribution < 1.29 is 24.5 Å². The van der Waals surface area contributed by atoms with E-state index in [0.717, 1.165) is 25.8 Å². The topological polar surface area (TPSA) is 88.0 Å². The summed E-state index contributed by atoms with van der Waals surface area (Å²) >= 11 is 0. The molecule has 0 radical (unpaired) electrons. The van der Waals surface area contributed by atoms with Crippen LogP contribution in [0.3, 0.4) is 0 Å². The molecule has 0 aliphatic carbocycles. The molecule has 6 heteroatoms. The summed E-state index contributed by atoms with van der Waals surface area (Å²) in [5.41, 5.74) is 0. The van der Waals surface area contributed by atoms with Gasteiger partial charge in [-0.3, -0.25) is 4.79 Å². The van der Waals surface area contributed by atoms with Gasteiger partial charge in [0, 0.05) is 13.0 Å². The Bertz CT molecular complexity index is 401. The molecule has 1 saturated heterocycles. The van der Waals surface area contributed by atoms with Crippen molar-refractivity contribution in [3.05, 3.63) is 12.2 Å². The predicted molar refractivity (Wildman–Crippen MR) is 97.0 cm³/mol. The Hall–Kier alpha value is -0.950. The number of aliphatic hydroxyl groups excluding tert-OH is 2. The van der Waals surface area contributed by atoms with Crippen molar-refractivity contribution in [2.45, 2.75) is 96.4 Å². The number of ether oxygens (including phenoxy) is 2. The zero-order valence-corrected chi connectivity index (χ0v) is 15.8. The van der Waals surface area contributed by atoms with Crippen molar-refractivity contribution >= 4 is 5.91 Å². The average Bonchev–Trinajstić information content (AvgIpc) is 2.56. The molecular weight excluding hydrogens is 322 g/mol. The van der Waals surface area contributed by atoms with Crippen molar-refractivity contribution in [2.75, 3.05) is 6.54 Å². The quantitative estimate of drug-likeness (QED) is 0.390. The van der Waals surface area contributed by atoms with Gasteiger partial charge in [0.05, 0.1) is 18.3 Å². The molecule has 1 aliphatic rings. The van der Waals surface area contributed by atoms with Crippen molar-refractivity contribution in [2.24, 2.45) is 0 Å². The van der Waals surface area contributed by atoms with E-state index >= 15 is 0 Å². The smallest absolute Gasteiger partial charge is 0.243 e. The fourth-order valence-electron chi connectivity index (χ4n) is 2.71. The highest BCUT2D eigenvalue weighted by Gasteiger charge is 2.35. The Labute approximate surface area is 151 Å². The average molecular weight is 357 g/mol. The van der Waals surface area contributed by atoms with E-state index < -0.39 is 18.5 Å². The Kier molecular flexibility index (Phi) is 11.0. The van der Waals surface area contributed by atoms with Crippen LogP contribution in [0.5, 0.6) is 0 Å². The predicted octanol–water partition coefficient (Wildman–Crippen LogP) is 2.28. The molecule has 1 amide bonds. The number of unbranched alkanes of at least 4 members (excludes halogenated alkanes) is 3. The molecule has 1 rings (SSSR count). The van der Waals surface area contributed by atoms with Gasteiger partial charge in [-0.2, -0.15) is 0 Å². The lowest BCUT2D eigenvalue weighted by atomic mass is 10.0. The highest BCUT2D eigenvalue weighted by atomic mass is 16.7. The van der Waals surface area contributed by atoms with Crippen LogP contribution in [-0.2, 0) is 14.3 Å². The fourth-order valence-corrected chi connectivity index (χ4v) is 2.71. The Balaban J connectivity index is 2.15. The van der Waals surface area contributed by atoms with E-state index in [0.29, 0.717) is 6.42 Å². The largest absolute Gasteiger partial charge is 0.390 e. The van der Waals surface area contributed by atoms with E-state index in [1.165, 1.54) is 12.8 Å². The van der Waals surface area contributed by atoms with Crippen LogP contribution >= 0.6 is 0 Å². The molecule has 1 fully saturated rings. The van der Waals surface area contributed by atoms with Gasteiger partial charge in [0.15, 0.2) is 6.29 Å². The normalized spacial score (nSPS) is 28.2. The van der Waals surface area contributed by atoms with Crippen molar-refractivity contribution in [3.8, 4) is 0 Å². The molecule has 6 nitrogen and oxygen atoms in total. The fraction of sp³-hybridized carbons (Fsp3) is 0.842. The van der Waals surface area contributed by atoms with Gasteiger partial charge >= 0.3 is 0 Å². The summed E-state index contributed by atoms with van der Waals surface area (Å²) < 4.78 is 11.2. The SMILES string of the molecule is CCCCCCNC(=O)/C=C/CC[C@@H](C)OC1O[C@@H](C)C(O)C[C@H]1O. The van der Waals surface area contributed by atoms with Gasteiger partial charge in [-0.15, -0.1) is 0 Å². The number of allylic oxidation sites excluding steroid dienone is 1. The highest BCUT2D eigenvalue weighted by Crippen LogP contribution is 2.22. The standard InChI is InChI=1S/C19H35NO5/c1-4-5-6-9-12-20-18(23)11-8-7-10-14(2)24-19-17(22)13-16(21)15(3)25-19/h8,11,14-17,19,21-22H,4-7,9-10,12-13H2,1-3H3,(H,20,23)/b11-8+/t14-,15+,16?,17-,19?/m1/s1. The van der Waals surface area contributed by atoms with Gasteiger partial charge in [-0.05, 0) is 39.2 Å². The van der Waals surface area contributed by atoms with Crippen LogP contribution in [0.25, 0.3) is 0 Å². The van der Waals surface area contributed by atoms with Gasteiger partial charge in [0.2, 0.25) is 5.91 Å². The van der Waals surface area contributed by atoms with E-state index in [1.807, 2.05) is 13.0 Å². The summed E-state index contributed by atoms with van der Waals surface area (Å²) in [7, 11) is 0. The minimum absolute atomic E-state index is 0.0566. The zero-order chi connectivity index (χ0) is 18.7. The van der Waals surface area contributed by atoms with E-state index in [1.54, 1.807) is 13.0 Å². The van der Waals surface area contributed by atoms with E-state index in [9.17, 15) is 15.0 Å². The van der Waals surface area contributed by atoms with E-state index in [4.69, 9.17) is 9.47 Å². The molecule has 25 heavy (non-hydrogen) atoms. The molecule has 3 N–H and O–H groups in total. The molecule has 1 heterocycles. The molecule has 0 aromatic rings. The molecule has 0 aromatic heterocycles. The molecule has 1 aliphatic heterocycles. The maximum absolute atomic E-state index is 11.6. The molecular formula is C19H35NO5. The lowest BCUT2D eigenvalue weighted by Gasteiger charge is -2.36. The molecule has 2 unspecified atom stereocenters. The Morgan fingerprint density at radius 2 is 2.08 bits per heavy atom. The summed E-state index contributed by atoms with van der Waals surface area (Å²) in [5, 5.41) is 22.4. The third-order valence-electron chi connectivity index (χ3n) is 4.39. The van der Waals surface area contributed by atoms with Crippen LogP contribution in [0.1, 0.15) is 65.7 Å². The lowest BCUT2D eigenvalue weighted by Crippen LogP contribution is -2.48. The van der Waals surface area contributed by atoms with E-state index in [2.05, 4.69) is 12.2 Å².